The van der Waals surface area contributed by atoms with Crippen LogP contribution in [0.3, 0.4) is 0 Å². The number of carbonyl (C=O) groups excluding carboxylic acids is 2. The van der Waals surface area contributed by atoms with E-state index in [9.17, 15) is 19.5 Å². The molecular weight excluding hydrogens is 356 g/mol. The van der Waals surface area contributed by atoms with Gasteiger partial charge in [0.05, 0.1) is 12.5 Å². The van der Waals surface area contributed by atoms with Crippen LogP contribution in [0.15, 0.2) is 48.5 Å². The Hall–Kier alpha value is -3.15. The van der Waals surface area contributed by atoms with E-state index in [0.717, 1.165) is 11.1 Å². The van der Waals surface area contributed by atoms with Crippen molar-refractivity contribution in [2.75, 3.05) is 13.1 Å². The van der Waals surface area contributed by atoms with Gasteiger partial charge in [0, 0.05) is 24.2 Å². The minimum Gasteiger partial charge on any atom is -0.481 e. The van der Waals surface area contributed by atoms with E-state index in [-0.39, 0.29) is 18.2 Å². The highest BCUT2D eigenvalue weighted by atomic mass is 16.4. The number of amides is 2. The molecule has 2 aromatic carbocycles. The summed E-state index contributed by atoms with van der Waals surface area (Å²) in [7, 11) is 0. The number of hydrogen-bond donors (Lipinski definition) is 2. The van der Waals surface area contributed by atoms with Gasteiger partial charge in [-0.25, -0.2) is 0 Å². The zero-order chi connectivity index (χ0) is 20.7. The lowest BCUT2D eigenvalue weighted by atomic mass is 9.98. The van der Waals surface area contributed by atoms with Gasteiger partial charge in [0.2, 0.25) is 0 Å². The second-order valence-electron chi connectivity index (χ2n) is 6.54. The maximum Gasteiger partial charge on any atom is 0.305 e. The predicted octanol–water partition coefficient (Wildman–Crippen LogP) is 3.42. The summed E-state index contributed by atoms with van der Waals surface area (Å²) in [6, 6.07) is 13.2. The van der Waals surface area contributed by atoms with E-state index in [2.05, 4.69) is 5.32 Å². The van der Waals surface area contributed by atoms with Crippen LogP contribution >= 0.6 is 0 Å². The fourth-order valence-electron chi connectivity index (χ4n) is 3.09. The van der Waals surface area contributed by atoms with Crippen molar-refractivity contribution >= 4 is 17.8 Å². The van der Waals surface area contributed by atoms with Crippen LogP contribution in [-0.4, -0.2) is 40.9 Å². The van der Waals surface area contributed by atoms with Crippen molar-refractivity contribution in [2.45, 2.75) is 33.2 Å². The fraction of sp³-hybridized carbons (Fsp3) is 0.318. The van der Waals surface area contributed by atoms with E-state index in [1.165, 1.54) is 0 Å². The Bertz CT molecular complexity index is 842. The summed E-state index contributed by atoms with van der Waals surface area (Å²) in [5.74, 6) is -1.45. The molecule has 1 unspecified atom stereocenters. The van der Waals surface area contributed by atoms with Gasteiger partial charge in [0.15, 0.2) is 0 Å². The molecule has 0 aliphatic heterocycles. The molecule has 2 amide bonds. The number of carboxylic acids is 1. The summed E-state index contributed by atoms with van der Waals surface area (Å²) < 4.78 is 0. The van der Waals surface area contributed by atoms with Crippen LogP contribution in [-0.2, 0) is 4.79 Å². The van der Waals surface area contributed by atoms with Gasteiger partial charge >= 0.3 is 5.97 Å². The van der Waals surface area contributed by atoms with E-state index < -0.39 is 12.0 Å². The topological polar surface area (TPSA) is 86.7 Å². The molecule has 0 saturated heterocycles. The molecule has 1 atom stereocenters. The standard InChI is InChI=1S/C22H26N2O4/c1-4-24(5-2)22(28)17-12-10-16(11-13-17)21(27)23-19(14-20(25)26)18-9-7-6-8-15(18)3/h6-13,19H,4-5,14H2,1-3H3,(H,23,27)(H,25,26). The number of carbonyl (C=O) groups is 3. The SMILES string of the molecule is CCN(CC)C(=O)c1ccc(C(=O)NC(CC(=O)O)c2ccccc2C)cc1. The normalized spacial score (nSPS) is 11.5. The Morgan fingerprint density at radius 3 is 2.07 bits per heavy atom. The minimum atomic E-state index is -0.992. The number of nitrogens with zero attached hydrogens (tertiary/aromatic N) is 1. The highest BCUT2D eigenvalue weighted by Crippen LogP contribution is 2.21. The van der Waals surface area contributed by atoms with E-state index in [4.69, 9.17) is 0 Å². The van der Waals surface area contributed by atoms with E-state index >= 15 is 0 Å². The third-order valence-corrected chi connectivity index (χ3v) is 4.69. The Morgan fingerprint density at radius 2 is 1.54 bits per heavy atom. The third kappa shape index (κ3) is 5.19. The first-order valence-electron chi connectivity index (χ1n) is 9.34. The lowest BCUT2D eigenvalue weighted by Gasteiger charge is -2.20. The number of nitrogens with one attached hydrogen (secondary N) is 1. The van der Waals surface area contributed by atoms with Gasteiger partial charge in [0.1, 0.15) is 0 Å². The maximum atomic E-state index is 12.6. The predicted molar refractivity (Wildman–Crippen MR) is 107 cm³/mol. The lowest BCUT2D eigenvalue weighted by Crippen LogP contribution is -2.31. The Morgan fingerprint density at radius 1 is 0.964 bits per heavy atom. The molecule has 28 heavy (non-hydrogen) atoms. The first-order chi connectivity index (χ1) is 13.4. The van der Waals surface area contributed by atoms with Gasteiger partial charge in [-0.2, -0.15) is 0 Å². The average molecular weight is 382 g/mol. The van der Waals surface area contributed by atoms with Gasteiger partial charge in [-0.15, -0.1) is 0 Å². The molecule has 0 saturated carbocycles. The van der Waals surface area contributed by atoms with Crippen molar-refractivity contribution in [3.05, 3.63) is 70.8 Å². The average Bonchev–Trinajstić information content (AvgIpc) is 2.68. The molecule has 148 valence electrons. The molecule has 0 aliphatic rings. The summed E-state index contributed by atoms with van der Waals surface area (Å²) in [5.41, 5.74) is 2.57. The van der Waals surface area contributed by atoms with Crippen LogP contribution in [0.2, 0.25) is 0 Å². The van der Waals surface area contributed by atoms with Crippen molar-refractivity contribution in [3.8, 4) is 0 Å². The molecular formula is C22H26N2O4. The van der Waals surface area contributed by atoms with Gasteiger partial charge in [-0.1, -0.05) is 24.3 Å². The first kappa shape index (κ1) is 21.2. The van der Waals surface area contributed by atoms with Crippen molar-refractivity contribution in [1.29, 1.82) is 0 Å². The third-order valence-electron chi connectivity index (χ3n) is 4.69. The van der Waals surface area contributed by atoms with E-state index in [0.29, 0.717) is 24.2 Å². The second-order valence-corrected chi connectivity index (χ2v) is 6.54. The fourth-order valence-corrected chi connectivity index (χ4v) is 3.09. The number of benzene rings is 2. The molecule has 0 bridgehead atoms. The summed E-state index contributed by atoms with van der Waals surface area (Å²) >= 11 is 0. The molecule has 0 spiro atoms. The Labute approximate surface area is 165 Å². The molecule has 0 heterocycles. The van der Waals surface area contributed by atoms with Crippen LogP contribution in [0.25, 0.3) is 0 Å². The van der Waals surface area contributed by atoms with E-state index in [1.54, 1.807) is 29.2 Å². The van der Waals surface area contributed by atoms with Crippen molar-refractivity contribution < 1.29 is 19.5 Å². The van der Waals surface area contributed by atoms with E-state index in [1.807, 2.05) is 45.0 Å². The molecule has 0 fully saturated rings. The second kappa shape index (κ2) is 9.69. The van der Waals surface area contributed by atoms with Crippen molar-refractivity contribution in [1.82, 2.24) is 10.2 Å². The number of rotatable bonds is 8. The summed E-state index contributed by atoms with van der Waals surface area (Å²) in [4.78, 5) is 38.0. The van der Waals surface area contributed by atoms with Crippen molar-refractivity contribution in [3.63, 3.8) is 0 Å². The Balaban J connectivity index is 2.18. The van der Waals surface area contributed by atoms with Gasteiger partial charge in [-0.3, -0.25) is 14.4 Å². The molecule has 2 N–H and O–H groups in total. The molecule has 0 aliphatic carbocycles. The zero-order valence-corrected chi connectivity index (χ0v) is 16.4. The summed E-state index contributed by atoms with van der Waals surface area (Å²) in [6.45, 7) is 6.94. The summed E-state index contributed by atoms with van der Waals surface area (Å²) in [5, 5.41) is 12.0. The number of aryl methyl sites for hydroxylation is 1. The highest BCUT2D eigenvalue weighted by Gasteiger charge is 2.21. The molecule has 6 heteroatoms. The van der Waals surface area contributed by atoms with Crippen LogP contribution in [0.4, 0.5) is 0 Å². The van der Waals surface area contributed by atoms with Crippen LogP contribution < -0.4 is 5.32 Å². The number of hydrogen-bond acceptors (Lipinski definition) is 3. The first-order valence-corrected chi connectivity index (χ1v) is 9.34. The minimum absolute atomic E-state index is 0.0828. The molecule has 0 radical (unpaired) electrons. The lowest BCUT2D eigenvalue weighted by molar-refractivity contribution is -0.137. The van der Waals surface area contributed by atoms with Gasteiger partial charge < -0.3 is 15.3 Å². The largest absolute Gasteiger partial charge is 0.481 e. The number of carboxylic acid groups (broad SMARTS) is 1. The van der Waals surface area contributed by atoms with Crippen LogP contribution in [0.5, 0.6) is 0 Å². The smallest absolute Gasteiger partial charge is 0.305 e. The number of aliphatic carboxylic acids is 1. The monoisotopic (exact) mass is 382 g/mol. The zero-order valence-electron chi connectivity index (χ0n) is 16.4. The molecule has 0 aromatic heterocycles. The maximum absolute atomic E-state index is 12.6. The van der Waals surface area contributed by atoms with Gasteiger partial charge in [-0.05, 0) is 56.2 Å². The summed E-state index contributed by atoms with van der Waals surface area (Å²) in [6.07, 6.45) is -0.213. The van der Waals surface area contributed by atoms with Crippen LogP contribution in [0.1, 0.15) is 58.2 Å². The van der Waals surface area contributed by atoms with Crippen LogP contribution in [0, 0.1) is 6.92 Å². The molecule has 2 aromatic rings. The molecule has 6 nitrogen and oxygen atoms in total. The van der Waals surface area contributed by atoms with Gasteiger partial charge in [0.25, 0.3) is 11.8 Å². The van der Waals surface area contributed by atoms with Crippen molar-refractivity contribution in [2.24, 2.45) is 0 Å². The highest BCUT2D eigenvalue weighted by molar-refractivity contribution is 5.98. The Kier molecular flexibility index (Phi) is 7.32. The quantitative estimate of drug-likeness (QED) is 0.732. The molecule has 2 rings (SSSR count).